The molecule has 0 aromatic carbocycles. The standard InChI is InChI=1S/C12H18N2OS/c1-8(10-5-6-16-7-10)13-9(2)12(15)14-11-3-4-11/h5-9,11,13H,3-4H2,1-2H3,(H,14,15). The normalized spacial score (nSPS) is 19.1. The van der Waals surface area contributed by atoms with Gasteiger partial charge in [-0.3, -0.25) is 10.1 Å². The second-order valence-electron chi connectivity index (χ2n) is 4.45. The van der Waals surface area contributed by atoms with Crippen molar-refractivity contribution in [3.8, 4) is 0 Å². The predicted octanol–water partition coefficient (Wildman–Crippen LogP) is 2.07. The first-order chi connectivity index (χ1) is 7.66. The first-order valence-electron chi connectivity index (χ1n) is 5.75. The molecule has 2 rings (SSSR count). The van der Waals surface area contributed by atoms with E-state index in [4.69, 9.17) is 0 Å². The smallest absolute Gasteiger partial charge is 0.237 e. The number of amides is 1. The largest absolute Gasteiger partial charge is 0.352 e. The molecule has 4 heteroatoms. The number of carbonyl (C=O) groups excluding carboxylic acids is 1. The average Bonchev–Trinajstić information content (AvgIpc) is 2.89. The number of rotatable bonds is 5. The molecule has 16 heavy (non-hydrogen) atoms. The van der Waals surface area contributed by atoms with E-state index in [-0.39, 0.29) is 18.0 Å². The fraction of sp³-hybridized carbons (Fsp3) is 0.583. The monoisotopic (exact) mass is 238 g/mol. The highest BCUT2D eigenvalue weighted by Gasteiger charge is 2.26. The van der Waals surface area contributed by atoms with Crippen molar-refractivity contribution in [3.63, 3.8) is 0 Å². The maximum absolute atomic E-state index is 11.7. The second kappa shape index (κ2) is 4.97. The van der Waals surface area contributed by atoms with Crippen molar-refractivity contribution in [2.24, 2.45) is 0 Å². The van der Waals surface area contributed by atoms with Crippen molar-refractivity contribution < 1.29 is 4.79 Å². The van der Waals surface area contributed by atoms with Gasteiger partial charge in [0.2, 0.25) is 5.91 Å². The third-order valence-corrected chi connectivity index (χ3v) is 3.56. The molecule has 0 aliphatic heterocycles. The van der Waals surface area contributed by atoms with Gasteiger partial charge in [0.15, 0.2) is 0 Å². The van der Waals surface area contributed by atoms with Gasteiger partial charge in [0.25, 0.3) is 0 Å². The van der Waals surface area contributed by atoms with Crippen LogP contribution in [0.4, 0.5) is 0 Å². The molecule has 1 aromatic rings. The second-order valence-corrected chi connectivity index (χ2v) is 5.23. The number of hydrogen-bond acceptors (Lipinski definition) is 3. The summed E-state index contributed by atoms with van der Waals surface area (Å²) >= 11 is 1.68. The minimum atomic E-state index is -0.129. The zero-order chi connectivity index (χ0) is 11.5. The fourth-order valence-electron chi connectivity index (χ4n) is 1.62. The van der Waals surface area contributed by atoms with Gasteiger partial charge in [-0.05, 0) is 49.1 Å². The Bertz CT molecular complexity index is 346. The lowest BCUT2D eigenvalue weighted by Crippen LogP contribution is -2.43. The van der Waals surface area contributed by atoms with E-state index in [1.807, 2.05) is 6.92 Å². The minimum absolute atomic E-state index is 0.115. The van der Waals surface area contributed by atoms with Gasteiger partial charge in [0, 0.05) is 12.1 Å². The summed E-state index contributed by atoms with van der Waals surface area (Å²) < 4.78 is 0. The average molecular weight is 238 g/mol. The minimum Gasteiger partial charge on any atom is -0.352 e. The summed E-state index contributed by atoms with van der Waals surface area (Å²) in [5.74, 6) is 0.115. The molecule has 2 atom stereocenters. The van der Waals surface area contributed by atoms with Gasteiger partial charge in [-0.1, -0.05) is 0 Å². The van der Waals surface area contributed by atoms with E-state index in [9.17, 15) is 4.79 Å². The zero-order valence-electron chi connectivity index (χ0n) is 9.69. The van der Waals surface area contributed by atoms with Crippen LogP contribution in [0.3, 0.4) is 0 Å². The molecule has 2 N–H and O–H groups in total. The van der Waals surface area contributed by atoms with Gasteiger partial charge in [-0.2, -0.15) is 11.3 Å². The molecule has 1 aliphatic carbocycles. The Balaban J connectivity index is 1.81. The quantitative estimate of drug-likeness (QED) is 0.824. The van der Waals surface area contributed by atoms with Gasteiger partial charge in [0.1, 0.15) is 0 Å². The molecule has 0 bridgehead atoms. The molecule has 88 valence electrons. The molecule has 1 saturated carbocycles. The molecular formula is C12H18N2OS. The third-order valence-electron chi connectivity index (χ3n) is 2.86. The molecule has 3 nitrogen and oxygen atoms in total. The molecular weight excluding hydrogens is 220 g/mol. The summed E-state index contributed by atoms with van der Waals surface area (Å²) in [6.45, 7) is 4.00. The van der Waals surface area contributed by atoms with Crippen LogP contribution >= 0.6 is 11.3 Å². The van der Waals surface area contributed by atoms with Crippen LogP contribution in [0.15, 0.2) is 16.8 Å². The Morgan fingerprint density at radius 1 is 1.50 bits per heavy atom. The summed E-state index contributed by atoms with van der Waals surface area (Å²) in [5, 5.41) is 10.5. The van der Waals surface area contributed by atoms with E-state index in [0.717, 1.165) is 12.8 Å². The SMILES string of the molecule is CC(NC(C)c1ccsc1)C(=O)NC1CC1. The van der Waals surface area contributed by atoms with Crippen LogP contribution in [0.2, 0.25) is 0 Å². The van der Waals surface area contributed by atoms with Crippen LogP contribution in [0, 0.1) is 0 Å². The molecule has 0 saturated heterocycles. The van der Waals surface area contributed by atoms with Crippen molar-refractivity contribution in [2.45, 2.75) is 44.8 Å². The van der Waals surface area contributed by atoms with E-state index in [0.29, 0.717) is 6.04 Å². The number of nitrogens with one attached hydrogen (secondary N) is 2. The Hall–Kier alpha value is -0.870. The Morgan fingerprint density at radius 3 is 2.81 bits per heavy atom. The van der Waals surface area contributed by atoms with Crippen molar-refractivity contribution in [1.82, 2.24) is 10.6 Å². The first-order valence-corrected chi connectivity index (χ1v) is 6.69. The number of carbonyl (C=O) groups is 1. The fourth-order valence-corrected chi connectivity index (χ4v) is 2.38. The molecule has 1 aliphatic rings. The Labute approximate surface area is 100 Å². The van der Waals surface area contributed by atoms with Crippen molar-refractivity contribution >= 4 is 17.2 Å². The van der Waals surface area contributed by atoms with E-state index >= 15 is 0 Å². The lowest BCUT2D eigenvalue weighted by atomic mass is 10.1. The van der Waals surface area contributed by atoms with Gasteiger partial charge in [-0.25, -0.2) is 0 Å². The molecule has 0 spiro atoms. The van der Waals surface area contributed by atoms with E-state index in [1.54, 1.807) is 11.3 Å². The van der Waals surface area contributed by atoms with Crippen LogP contribution in [0.5, 0.6) is 0 Å². The first kappa shape index (κ1) is 11.6. The summed E-state index contributed by atoms with van der Waals surface area (Å²) in [7, 11) is 0. The van der Waals surface area contributed by atoms with Crippen LogP contribution in [-0.2, 0) is 4.79 Å². The molecule has 1 fully saturated rings. The highest BCUT2D eigenvalue weighted by atomic mass is 32.1. The number of thiophene rings is 1. The van der Waals surface area contributed by atoms with Crippen LogP contribution in [0.1, 0.15) is 38.3 Å². The van der Waals surface area contributed by atoms with E-state index < -0.39 is 0 Å². The van der Waals surface area contributed by atoms with Crippen LogP contribution in [-0.4, -0.2) is 18.0 Å². The lowest BCUT2D eigenvalue weighted by molar-refractivity contribution is -0.123. The molecule has 0 radical (unpaired) electrons. The van der Waals surface area contributed by atoms with Crippen molar-refractivity contribution in [2.75, 3.05) is 0 Å². The summed E-state index contributed by atoms with van der Waals surface area (Å²) in [6, 6.07) is 2.63. The summed E-state index contributed by atoms with van der Waals surface area (Å²) in [4.78, 5) is 11.7. The summed E-state index contributed by atoms with van der Waals surface area (Å²) in [5.41, 5.74) is 1.25. The molecule has 2 unspecified atom stereocenters. The summed E-state index contributed by atoms with van der Waals surface area (Å²) in [6.07, 6.45) is 2.27. The Morgan fingerprint density at radius 2 is 2.25 bits per heavy atom. The molecule has 1 amide bonds. The van der Waals surface area contributed by atoms with Crippen molar-refractivity contribution in [3.05, 3.63) is 22.4 Å². The van der Waals surface area contributed by atoms with Gasteiger partial charge >= 0.3 is 0 Å². The van der Waals surface area contributed by atoms with Gasteiger partial charge < -0.3 is 5.32 Å². The maximum Gasteiger partial charge on any atom is 0.237 e. The highest BCUT2D eigenvalue weighted by Crippen LogP contribution is 2.19. The lowest BCUT2D eigenvalue weighted by Gasteiger charge is -2.18. The highest BCUT2D eigenvalue weighted by molar-refractivity contribution is 7.07. The topological polar surface area (TPSA) is 41.1 Å². The Kier molecular flexibility index (Phi) is 3.61. The van der Waals surface area contributed by atoms with Crippen LogP contribution < -0.4 is 10.6 Å². The van der Waals surface area contributed by atoms with Gasteiger partial charge in [-0.15, -0.1) is 0 Å². The zero-order valence-corrected chi connectivity index (χ0v) is 10.5. The number of hydrogen-bond donors (Lipinski definition) is 2. The van der Waals surface area contributed by atoms with Crippen molar-refractivity contribution in [1.29, 1.82) is 0 Å². The van der Waals surface area contributed by atoms with E-state index in [2.05, 4.69) is 34.4 Å². The van der Waals surface area contributed by atoms with E-state index in [1.165, 1.54) is 5.56 Å². The molecule has 1 aromatic heterocycles. The third kappa shape index (κ3) is 3.06. The predicted molar refractivity (Wildman–Crippen MR) is 66.5 cm³/mol. The molecule has 1 heterocycles. The maximum atomic E-state index is 11.7. The van der Waals surface area contributed by atoms with Gasteiger partial charge in [0.05, 0.1) is 6.04 Å². The van der Waals surface area contributed by atoms with Crippen LogP contribution in [0.25, 0.3) is 0 Å².